The summed E-state index contributed by atoms with van der Waals surface area (Å²) in [4.78, 5) is 25.1. The van der Waals surface area contributed by atoms with Crippen molar-refractivity contribution in [3.8, 4) is 11.5 Å². The van der Waals surface area contributed by atoms with Gasteiger partial charge in [0.1, 0.15) is 17.6 Å². The second kappa shape index (κ2) is 7.90. The molecule has 1 saturated carbocycles. The minimum Gasteiger partial charge on any atom is -0.497 e. The van der Waals surface area contributed by atoms with Crippen LogP contribution in [0, 0.1) is 5.92 Å². The molecule has 7 heteroatoms. The number of urea groups is 1. The Kier molecular flexibility index (Phi) is 5.58. The molecule has 1 aliphatic heterocycles. The summed E-state index contributed by atoms with van der Waals surface area (Å²) in [6, 6.07) is 4.20. The maximum atomic E-state index is 13.0. The van der Waals surface area contributed by atoms with Crippen molar-refractivity contribution in [1.82, 2.24) is 10.6 Å². The third-order valence-corrected chi connectivity index (χ3v) is 5.28. The molecule has 1 fully saturated rings. The molecule has 1 aromatic rings. The van der Waals surface area contributed by atoms with Crippen LogP contribution >= 0.6 is 0 Å². The molecule has 0 saturated heterocycles. The molecule has 1 aliphatic carbocycles. The summed E-state index contributed by atoms with van der Waals surface area (Å²) in [6.45, 7) is 3.79. The fourth-order valence-electron chi connectivity index (χ4n) is 3.75. The van der Waals surface area contributed by atoms with E-state index >= 15 is 0 Å². The van der Waals surface area contributed by atoms with Gasteiger partial charge >= 0.3 is 12.0 Å². The Labute approximate surface area is 159 Å². The molecule has 0 spiro atoms. The first-order valence-corrected chi connectivity index (χ1v) is 9.15. The predicted molar refractivity (Wildman–Crippen MR) is 99.5 cm³/mol. The van der Waals surface area contributed by atoms with Crippen molar-refractivity contribution in [1.29, 1.82) is 0 Å². The lowest BCUT2D eigenvalue weighted by atomic mass is 9.94. The zero-order valence-corrected chi connectivity index (χ0v) is 16.1. The van der Waals surface area contributed by atoms with E-state index in [9.17, 15) is 9.59 Å². The lowest BCUT2D eigenvalue weighted by molar-refractivity contribution is -0.146. The molecule has 0 aromatic heterocycles. The second-order valence-corrected chi connectivity index (χ2v) is 7.03. The van der Waals surface area contributed by atoms with Gasteiger partial charge < -0.3 is 24.8 Å². The highest BCUT2D eigenvalue weighted by Crippen LogP contribution is 2.37. The van der Waals surface area contributed by atoms with Crippen LogP contribution in [0.5, 0.6) is 11.5 Å². The lowest BCUT2D eigenvalue weighted by Crippen LogP contribution is -2.45. The van der Waals surface area contributed by atoms with Gasteiger partial charge in [-0.05, 0) is 50.3 Å². The highest BCUT2D eigenvalue weighted by molar-refractivity contribution is 5.95. The average Bonchev–Trinajstić information content (AvgIpc) is 3.04. The monoisotopic (exact) mass is 374 g/mol. The maximum absolute atomic E-state index is 13.0. The third kappa shape index (κ3) is 3.86. The molecule has 1 aromatic carbocycles. The molecular formula is C20H26N2O5. The van der Waals surface area contributed by atoms with Crippen LogP contribution in [-0.2, 0) is 9.53 Å². The number of carbonyl (C=O) groups is 2. The fraction of sp³-hybridized carbons (Fsp3) is 0.500. The van der Waals surface area contributed by atoms with Crippen molar-refractivity contribution in [3.63, 3.8) is 0 Å². The number of carbonyl (C=O) groups excluding carboxylic acids is 2. The van der Waals surface area contributed by atoms with Gasteiger partial charge in [0, 0.05) is 11.3 Å². The molecule has 0 radical (unpaired) electrons. The van der Waals surface area contributed by atoms with Crippen LogP contribution < -0.4 is 20.1 Å². The topological polar surface area (TPSA) is 85.9 Å². The van der Waals surface area contributed by atoms with Crippen LogP contribution in [0.1, 0.15) is 44.7 Å². The largest absolute Gasteiger partial charge is 0.497 e. The molecule has 7 nitrogen and oxygen atoms in total. The van der Waals surface area contributed by atoms with E-state index in [-0.39, 0.29) is 12.1 Å². The number of methoxy groups -OCH3 is 2. The number of allylic oxidation sites excluding steroid dienone is 1. The molecule has 146 valence electrons. The number of nitrogens with one attached hydrogen (secondary N) is 2. The molecule has 27 heavy (non-hydrogen) atoms. The van der Waals surface area contributed by atoms with Gasteiger partial charge in [-0.2, -0.15) is 0 Å². The fourth-order valence-corrected chi connectivity index (χ4v) is 3.75. The minimum atomic E-state index is -0.687. The van der Waals surface area contributed by atoms with E-state index in [0.29, 0.717) is 34.3 Å². The van der Waals surface area contributed by atoms with Gasteiger partial charge in [-0.25, -0.2) is 9.59 Å². The van der Waals surface area contributed by atoms with Crippen LogP contribution in [0.25, 0.3) is 0 Å². The van der Waals surface area contributed by atoms with E-state index in [0.717, 1.165) is 19.3 Å². The zero-order valence-electron chi connectivity index (χ0n) is 16.1. The summed E-state index contributed by atoms with van der Waals surface area (Å²) >= 11 is 0. The normalized spacial score (nSPS) is 24.9. The van der Waals surface area contributed by atoms with E-state index in [4.69, 9.17) is 14.2 Å². The number of hydrogen-bond donors (Lipinski definition) is 2. The number of hydrogen-bond acceptors (Lipinski definition) is 5. The highest BCUT2D eigenvalue weighted by atomic mass is 16.5. The Bertz CT molecular complexity index is 774. The van der Waals surface area contributed by atoms with Crippen molar-refractivity contribution in [2.24, 2.45) is 5.92 Å². The molecule has 0 unspecified atom stereocenters. The molecule has 3 atom stereocenters. The quantitative estimate of drug-likeness (QED) is 0.774. The Morgan fingerprint density at radius 2 is 1.96 bits per heavy atom. The maximum Gasteiger partial charge on any atom is 0.338 e. The number of amides is 2. The van der Waals surface area contributed by atoms with Gasteiger partial charge in [0.25, 0.3) is 0 Å². The summed E-state index contributed by atoms with van der Waals surface area (Å²) in [6.07, 6.45) is 2.88. The van der Waals surface area contributed by atoms with Crippen LogP contribution in [0.15, 0.2) is 29.5 Å². The summed E-state index contributed by atoms with van der Waals surface area (Å²) < 4.78 is 16.5. The first kappa shape index (κ1) is 19.1. The van der Waals surface area contributed by atoms with Gasteiger partial charge in [0.05, 0.1) is 25.8 Å². The van der Waals surface area contributed by atoms with Crippen LogP contribution in [-0.4, -0.2) is 32.3 Å². The van der Waals surface area contributed by atoms with Crippen molar-refractivity contribution >= 4 is 12.0 Å². The van der Waals surface area contributed by atoms with Crippen LogP contribution in [0.3, 0.4) is 0 Å². The van der Waals surface area contributed by atoms with Gasteiger partial charge in [-0.1, -0.05) is 6.92 Å². The SMILES string of the molecule is COc1ccc(OC)c([C@@H]2NC(=O)NC(C)=C2C(=O)O[C@@H]2CCC[C@H]2C)c1. The van der Waals surface area contributed by atoms with E-state index < -0.39 is 12.0 Å². The van der Waals surface area contributed by atoms with Gasteiger partial charge in [-0.15, -0.1) is 0 Å². The smallest absolute Gasteiger partial charge is 0.338 e. The molecule has 2 N–H and O–H groups in total. The molecular weight excluding hydrogens is 348 g/mol. The molecule has 1 heterocycles. The highest BCUT2D eigenvalue weighted by Gasteiger charge is 2.36. The first-order chi connectivity index (χ1) is 12.9. The summed E-state index contributed by atoms with van der Waals surface area (Å²) in [5.41, 5.74) is 1.49. The van der Waals surface area contributed by atoms with Crippen molar-refractivity contribution in [2.75, 3.05) is 14.2 Å². The zero-order chi connectivity index (χ0) is 19.6. The Hall–Kier alpha value is -2.70. The average molecular weight is 374 g/mol. The molecule has 0 bridgehead atoms. The van der Waals surface area contributed by atoms with Gasteiger partial charge in [0.15, 0.2) is 0 Å². The van der Waals surface area contributed by atoms with Gasteiger partial charge in [0.2, 0.25) is 0 Å². The molecule has 2 amide bonds. The minimum absolute atomic E-state index is 0.0942. The van der Waals surface area contributed by atoms with Gasteiger partial charge in [-0.3, -0.25) is 0 Å². The van der Waals surface area contributed by atoms with Crippen molar-refractivity contribution in [3.05, 3.63) is 35.0 Å². The van der Waals surface area contributed by atoms with E-state index in [2.05, 4.69) is 17.6 Å². The molecule has 2 aliphatic rings. The van der Waals surface area contributed by atoms with E-state index in [1.165, 1.54) is 0 Å². The predicted octanol–water partition coefficient (Wildman–Crippen LogP) is 3.06. The summed E-state index contributed by atoms with van der Waals surface area (Å²) in [7, 11) is 3.10. The van der Waals surface area contributed by atoms with Crippen molar-refractivity contribution in [2.45, 2.75) is 45.3 Å². The van der Waals surface area contributed by atoms with Crippen molar-refractivity contribution < 1.29 is 23.8 Å². The first-order valence-electron chi connectivity index (χ1n) is 9.15. The summed E-state index contributed by atoms with van der Waals surface area (Å²) in [5.74, 6) is 1.07. The summed E-state index contributed by atoms with van der Waals surface area (Å²) in [5, 5.41) is 5.48. The lowest BCUT2D eigenvalue weighted by Gasteiger charge is -2.30. The third-order valence-electron chi connectivity index (χ3n) is 5.28. The Morgan fingerprint density at radius 1 is 1.19 bits per heavy atom. The standard InChI is InChI=1S/C20H26N2O5/c1-11-6-5-7-15(11)27-19(23)17-12(2)21-20(24)22-18(17)14-10-13(25-3)8-9-16(14)26-4/h8-11,15,18H,5-7H2,1-4H3,(H2,21,22,24)/t11-,15-,18+/m1/s1. The van der Waals surface area contributed by atoms with E-state index in [1.54, 1.807) is 39.3 Å². The Balaban J connectivity index is 1.98. The number of rotatable bonds is 5. The number of ether oxygens (including phenoxy) is 3. The van der Waals surface area contributed by atoms with E-state index in [1.807, 2.05) is 0 Å². The van der Waals surface area contributed by atoms with Crippen LogP contribution in [0.4, 0.5) is 4.79 Å². The molecule has 3 rings (SSSR count). The Morgan fingerprint density at radius 3 is 2.59 bits per heavy atom. The second-order valence-electron chi connectivity index (χ2n) is 7.03. The number of benzene rings is 1. The van der Waals surface area contributed by atoms with Crippen LogP contribution in [0.2, 0.25) is 0 Å². The number of esters is 1.